The van der Waals surface area contributed by atoms with Gasteiger partial charge in [-0.05, 0) is 38.7 Å². The lowest BCUT2D eigenvalue weighted by Gasteiger charge is -2.35. The maximum Gasteiger partial charge on any atom is 0.273 e. The van der Waals surface area contributed by atoms with E-state index >= 15 is 0 Å². The summed E-state index contributed by atoms with van der Waals surface area (Å²) in [6.45, 7) is 1.49. The highest BCUT2D eigenvalue weighted by molar-refractivity contribution is 7.89. The Morgan fingerprint density at radius 3 is 2.38 bits per heavy atom. The summed E-state index contributed by atoms with van der Waals surface area (Å²) in [7, 11) is -2.16. The molecule has 2 bridgehead atoms. The van der Waals surface area contributed by atoms with Crippen molar-refractivity contribution in [1.29, 1.82) is 0 Å². The van der Waals surface area contributed by atoms with Gasteiger partial charge in [0.05, 0.1) is 9.82 Å². The fraction of sp³-hybridized carbons (Fsp3) is 0.600. The predicted octanol–water partition coefficient (Wildman–Crippen LogP) is 2.23. The molecule has 134 valence electrons. The number of nitro benzene ring substituents is 1. The predicted molar refractivity (Wildman–Crippen MR) is 93.0 cm³/mol. The first kappa shape index (κ1) is 19.1. The monoisotopic (exact) mass is 375 g/mol. The molecule has 2 heterocycles. The Morgan fingerprint density at radius 2 is 1.83 bits per heavy atom. The van der Waals surface area contributed by atoms with Crippen molar-refractivity contribution in [3.8, 4) is 0 Å². The number of fused-ring (bicyclic) bond motifs is 2. The molecule has 1 aromatic rings. The van der Waals surface area contributed by atoms with E-state index in [0.717, 1.165) is 25.7 Å². The van der Waals surface area contributed by atoms with Crippen LogP contribution in [0.3, 0.4) is 0 Å². The van der Waals surface area contributed by atoms with Crippen molar-refractivity contribution in [2.24, 2.45) is 0 Å². The van der Waals surface area contributed by atoms with Crippen molar-refractivity contribution in [1.82, 2.24) is 9.62 Å². The molecule has 9 heteroatoms. The highest BCUT2D eigenvalue weighted by atomic mass is 35.5. The first-order valence-corrected chi connectivity index (χ1v) is 9.23. The zero-order valence-electron chi connectivity index (χ0n) is 13.6. The van der Waals surface area contributed by atoms with Crippen LogP contribution in [-0.2, 0) is 10.0 Å². The SMILES string of the molecule is Cc1c([N+](=O)[O-])cccc1S(=O)(=O)N(C)C1CC2CCC(C1)N2.Cl. The number of hydrogen-bond donors (Lipinski definition) is 1. The Labute approximate surface area is 148 Å². The minimum Gasteiger partial charge on any atom is -0.311 e. The van der Waals surface area contributed by atoms with Gasteiger partial charge in [0.15, 0.2) is 0 Å². The molecule has 2 aliphatic rings. The van der Waals surface area contributed by atoms with Crippen LogP contribution in [0.5, 0.6) is 0 Å². The molecule has 0 radical (unpaired) electrons. The van der Waals surface area contributed by atoms with Crippen LogP contribution >= 0.6 is 12.4 Å². The van der Waals surface area contributed by atoms with E-state index in [9.17, 15) is 18.5 Å². The summed E-state index contributed by atoms with van der Waals surface area (Å²) in [5, 5.41) is 14.5. The summed E-state index contributed by atoms with van der Waals surface area (Å²) in [5.41, 5.74) is 0.0334. The summed E-state index contributed by atoms with van der Waals surface area (Å²) in [6, 6.07) is 4.91. The van der Waals surface area contributed by atoms with Gasteiger partial charge in [0.1, 0.15) is 0 Å². The summed E-state index contributed by atoms with van der Waals surface area (Å²) in [6.07, 6.45) is 3.76. The third-order valence-electron chi connectivity index (χ3n) is 5.07. The van der Waals surface area contributed by atoms with Crippen molar-refractivity contribution in [3.63, 3.8) is 0 Å². The first-order chi connectivity index (χ1) is 10.8. The number of piperidine rings is 1. The highest BCUT2D eigenvalue weighted by Crippen LogP contribution is 2.33. The Balaban J connectivity index is 0.00000208. The van der Waals surface area contributed by atoms with E-state index in [-0.39, 0.29) is 34.6 Å². The molecule has 2 fully saturated rings. The second-order valence-corrected chi connectivity index (χ2v) is 8.41. The molecule has 0 aliphatic carbocycles. The zero-order chi connectivity index (χ0) is 16.8. The third-order valence-corrected chi connectivity index (χ3v) is 7.13. The number of hydrogen-bond acceptors (Lipinski definition) is 5. The maximum atomic E-state index is 12.9. The van der Waals surface area contributed by atoms with Gasteiger partial charge in [-0.15, -0.1) is 12.4 Å². The van der Waals surface area contributed by atoms with E-state index in [1.165, 1.54) is 29.4 Å². The van der Waals surface area contributed by atoms with E-state index in [1.54, 1.807) is 7.05 Å². The molecule has 2 saturated heterocycles. The molecule has 1 aromatic carbocycles. The Bertz CT molecular complexity index is 728. The van der Waals surface area contributed by atoms with Gasteiger partial charge >= 0.3 is 0 Å². The quantitative estimate of drug-likeness (QED) is 0.643. The van der Waals surface area contributed by atoms with Crippen molar-refractivity contribution in [2.45, 2.75) is 55.6 Å². The summed E-state index contributed by atoms with van der Waals surface area (Å²) < 4.78 is 27.3. The van der Waals surface area contributed by atoms with Crippen LogP contribution < -0.4 is 5.32 Å². The lowest BCUT2D eigenvalue weighted by atomic mass is 10.0. The maximum absolute atomic E-state index is 12.9. The number of sulfonamides is 1. The molecular weight excluding hydrogens is 354 g/mol. The molecule has 1 N–H and O–H groups in total. The van der Waals surface area contributed by atoms with Gasteiger partial charge in [-0.1, -0.05) is 6.07 Å². The molecule has 0 saturated carbocycles. The number of nitrogens with one attached hydrogen (secondary N) is 1. The normalized spacial score (nSPS) is 26.2. The third kappa shape index (κ3) is 3.28. The number of nitrogens with zero attached hydrogens (tertiary/aromatic N) is 2. The second-order valence-electron chi connectivity index (χ2n) is 6.44. The minimum absolute atomic E-state index is 0. The second kappa shape index (κ2) is 6.95. The fourth-order valence-corrected chi connectivity index (χ4v) is 5.37. The fourth-order valence-electron chi connectivity index (χ4n) is 3.76. The Hall–Kier alpha value is -1.22. The van der Waals surface area contributed by atoms with E-state index in [0.29, 0.717) is 12.1 Å². The summed E-state index contributed by atoms with van der Waals surface area (Å²) in [5.74, 6) is 0. The Morgan fingerprint density at radius 1 is 1.25 bits per heavy atom. The molecule has 3 rings (SSSR count). The molecule has 2 unspecified atom stereocenters. The zero-order valence-corrected chi connectivity index (χ0v) is 15.3. The van der Waals surface area contributed by atoms with Gasteiger partial charge in [-0.3, -0.25) is 10.1 Å². The van der Waals surface area contributed by atoms with Gasteiger partial charge in [0.2, 0.25) is 10.0 Å². The molecule has 2 atom stereocenters. The van der Waals surface area contributed by atoms with Crippen LogP contribution in [0.15, 0.2) is 23.1 Å². The van der Waals surface area contributed by atoms with E-state index in [4.69, 9.17) is 0 Å². The topological polar surface area (TPSA) is 92.5 Å². The average molecular weight is 376 g/mol. The van der Waals surface area contributed by atoms with Gasteiger partial charge in [-0.2, -0.15) is 4.31 Å². The lowest BCUT2D eigenvalue weighted by Crippen LogP contribution is -2.48. The number of halogens is 1. The minimum atomic E-state index is -3.74. The van der Waals surface area contributed by atoms with E-state index < -0.39 is 14.9 Å². The van der Waals surface area contributed by atoms with E-state index in [2.05, 4.69) is 5.32 Å². The van der Waals surface area contributed by atoms with E-state index in [1.807, 2.05) is 0 Å². The van der Waals surface area contributed by atoms with Crippen molar-refractivity contribution < 1.29 is 13.3 Å². The van der Waals surface area contributed by atoms with Gasteiger partial charge in [0.25, 0.3) is 5.69 Å². The van der Waals surface area contributed by atoms with Gasteiger partial charge < -0.3 is 5.32 Å². The molecule has 24 heavy (non-hydrogen) atoms. The van der Waals surface area contributed by atoms with Crippen molar-refractivity contribution in [3.05, 3.63) is 33.9 Å². The number of rotatable bonds is 4. The van der Waals surface area contributed by atoms with Crippen molar-refractivity contribution >= 4 is 28.1 Å². The standard InChI is InChI=1S/C15H21N3O4S.ClH/c1-10-14(18(19)20)4-3-5-15(10)23(21,22)17(2)13-8-11-6-7-12(9-13)16-11;/h3-5,11-13,16H,6-9H2,1-2H3;1H. The molecule has 2 aliphatic heterocycles. The van der Waals surface area contributed by atoms with Crippen molar-refractivity contribution in [2.75, 3.05) is 7.05 Å². The molecule has 0 aromatic heterocycles. The summed E-state index contributed by atoms with van der Waals surface area (Å²) in [4.78, 5) is 10.5. The summed E-state index contributed by atoms with van der Waals surface area (Å²) >= 11 is 0. The van der Waals surface area contributed by atoms with Crippen LogP contribution in [0.25, 0.3) is 0 Å². The lowest BCUT2D eigenvalue weighted by molar-refractivity contribution is -0.385. The average Bonchev–Trinajstić information content (AvgIpc) is 2.84. The van der Waals surface area contributed by atoms with Crippen LogP contribution in [0, 0.1) is 17.0 Å². The number of nitro groups is 1. The van der Waals surface area contributed by atoms with Gasteiger partial charge in [0, 0.05) is 36.8 Å². The van der Waals surface area contributed by atoms with Gasteiger partial charge in [-0.25, -0.2) is 8.42 Å². The molecule has 0 spiro atoms. The van der Waals surface area contributed by atoms with Crippen LogP contribution in [0.4, 0.5) is 5.69 Å². The first-order valence-electron chi connectivity index (χ1n) is 7.79. The molecule has 0 amide bonds. The Kier molecular flexibility index (Phi) is 5.54. The largest absolute Gasteiger partial charge is 0.311 e. The molecule has 7 nitrogen and oxygen atoms in total. The number of benzene rings is 1. The highest BCUT2D eigenvalue weighted by Gasteiger charge is 2.39. The van der Waals surface area contributed by atoms with Crippen LogP contribution in [-0.4, -0.2) is 42.8 Å². The molecular formula is C15H22ClN3O4S. The smallest absolute Gasteiger partial charge is 0.273 e. The van der Waals surface area contributed by atoms with Crippen LogP contribution in [0.1, 0.15) is 31.2 Å². The van der Waals surface area contributed by atoms with Crippen LogP contribution in [0.2, 0.25) is 0 Å².